The van der Waals surface area contributed by atoms with E-state index in [1.165, 1.54) is 6.20 Å². The zero-order valence-corrected chi connectivity index (χ0v) is 8.82. The highest BCUT2D eigenvalue weighted by atomic mass is 16.1. The third-order valence-corrected chi connectivity index (χ3v) is 2.11. The Kier molecular flexibility index (Phi) is 2.59. The van der Waals surface area contributed by atoms with Crippen molar-refractivity contribution in [1.82, 2.24) is 9.97 Å². The van der Waals surface area contributed by atoms with E-state index in [1.54, 1.807) is 6.07 Å². The average molecular weight is 216 g/mol. The number of nitrogen functional groups attached to an aromatic ring is 1. The van der Waals surface area contributed by atoms with E-state index in [1.807, 2.05) is 25.1 Å². The number of hydrogen-bond donors (Lipinski definition) is 3. The number of rotatable bonds is 2. The van der Waals surface area contributed by atoms with E-state index in [0.29, 0.717) is 17.3 Å². The number of nitrogens with one attached hydrogen (secondary N) is 2. The Hall–Kier alpha value is -2.30. The SMILES string of the molecule is Cc1cccc(C(=O)Nc2ncc(N)[nH]2)c1. The summed E-state index contributed by atoms with van der Waals surface area (Å²) in [5.74, 6) is 0.557. The third kappa shape index (κ3) is 2.20. The first-order valence-corrected chi connectivity index (χ1v) is 4.83. The molecule has 5 nitrogen and oxygen atoms in total. The summed E-state index contributed by atoms with van der Waals surface area (Å²) in [6.07, 6.45) is 1.45. The molecule has 0 saturated carbocycles. The summed E-state index contributed by atoms with van der Waals surface area (Å²) in [5, 5.41) is 2.62. The Bertz CT molecular complexity index is 518. The number of H-pyrrole nitrogens is 1. The topological polar surface area (TPSA) is 83.8 Å². The number of imidazole rings is 1. The number of nitrogens with two attached hydrogens (primary N) is 1. The number of aromatic nitrogens is 2. The average Bonchev–Trinajstić information content (AvgIpc) is 2.64. The Morgan fingerprint density at radius 1 is 1.50 bits per heavy atom. The van der Waals surface area contributed by atoms with Gasteiger partial charge < -0.3 is 10.7 Å². The first-order valence-electron chi connectivity index (χ1n) is 4.83. The lowest BCUT2D eigenvalue weighted by Crippen LogP contribution is -2.13. The van der Waals surface area contributed by atoms with Gasteiger partial charge in [-0.15, -0.1) is 0 Å². The second-order valence-electron chi connectivity index (χ2n) is 3.51. The largest absolute Gasteiger partial charge is 0.384 e. The van der Waals surface area contributed by atoms with Gasteiger partial charge in [-0.1, -0.05) is 17.7 Å². The van der Waals surface area contributed by atoms with Crippen LogP contribution in [0, 0.1) is 6.92 Å². The third-order valence-electron chi connectivity index (χ3n) is 2.11. The van der Waals surface area contributed by atoms with Crippen LogP contribution in [0.5, 0.6) is 0 Å². The molecule has 0 fully saturated rings. The van der Waals surface area contributed by atoms with Crippen LogP contribution in [0.1, 0.15) is 15.9 Å². The molecule has 0 bridgehead atoms. The minimum Gasteiger partial charge on any atom is -0.384 e. The van der Waals surface area contributed by atoms with E-state index >= 15 is 0 Å². The first-order chi connectivity index (χ1) is 7.65. The van der Waals surface area contributed by atoms with Gasteiger partial charge in [0.15, 0.2) is 0 Å². The van der Waals surface area contributed by atoms with Gasteiger partial charge >= 0.3 is 0 Å². The molecule has 4 N–H and O–H groups in total. The molecule has 2 rings (SSSR count). The molecule has 0 unspecified atom stereocenters. The molecule has 0 aliphatic rings. The van der Waals surface area contributed by atoms with Crippen LogP contribution in [0.25, 0.3) is 0 Å². The molecule has 82 valence electrons. The van der Waals surface area contributed by atoms with E-state index in [4.69, 9.17) is 5.73 Å². The Labute approximate surface area is 92.7 Å². The molecule has 1 aromatic carbocycles. The number of amides is 1. The van der Waals surface area contributed by atoms with E-state index in [2.05, 4.69) is 15.3 Å². The van der Waals surface area contributed by atoms with Gasteiger partial charge in [-0.05, 0) is 19.1 Å². The fraction of sp³-hybridized carbons (Fsp3) is 0.0909. The monoisotopic (exact) mass is 216 g/mol. The lowest BCUT2D eigenvalue weighted by atomic mass is 10.1. The van der Waals surface area contributed by atoms with Crippen molar-refractivity contribution in [1.29, 1.82) is 0 Å². The maximum absolute atomic E-state index is 11.8. The minimum absolute atomic E-state index is 0.210. The van der Waals surface area contributed by atoms with Crippen LogP contribution < -0.4 is 11.1 Å². The molecule has 0 atom stereocenters. The summed E-state index contributed by atoms with van der Waals surface area (Å²) in [6, 6.07) is 7.32. The summed E-state index contributed by atoms with van der Waals surface area (Å²) in [6.45, 7) is 1.93. The van der Waals surface area contributed by atoms with E-state index < -0.39 is 0 Å². The van der Waals surface area contributed by atoms with Gasteiger partial charge in [0.25, 0.3) is 5.91 Å². The summed E-state index contributed by atoms with van der Waals surface area (Å²) in [4.78, 5) is 18.4. The molecule has 1 amide bonds. The zero-order valence-electron chi connectivity index (χ0n) is 8.82. The van der Waals surface area contributed by atoms with Crippen LogP contribution in [0.4, 0.5) is 11.8 Å². The van der Waals surface area contributed by atoms with E-state index in [-0.39, 0.29) is 5.91 Å². The molecule has 1 heterocycles. The van der Waals surface area contributed by atoms with Crippen LogP contribution in [0.3, 0.4) is 0 Å². The number of carbonyl (C=O) groups excluding carboxylic acids is 1. The maximum atomic E-state index is 11.8. The quantitative estimate of drug-likeness (QED) is 0.712. The number of benzene rings is 1. The summed E-state index contributed by atoms with van der Waals surface area (Å²) >= 11 is 0. The molecule has 0 spiro atoms. The smallest absolute Gasteiger partial charge is 0.257 e. The standard InChI is InChI=1S/C11H12N4O/c1-7-3-2-4-8(5-7)10(16)15-11-13-6-9(12)14-11/h2-6H,12H2,1H3,(H2,13,14,15,16). The maximum Gasteiger partial charge on any atom is 0.257 e. The molecule has 5 heteroatoms. The van der Waals surface area contributed by atoms with Gasteiger partial charge in [-0.3, -0.25) is 10.1 Å². The molecular formula is C11H12N4O. The van der Waals surface area contributed by atoms with Crippen LogP contribution in [0.2, 0.25) is 0 Å². The predicted octanol–water partition coefficient (Wildman–Crippen LogP) is 1.55. The fourth-order valence-electron chi connectivity index (χ4n) is 1.36. The first kappa shape index (κ1) is 10.2. The number of aromatic amines is 1. The van der Waals surface area contributed by atoms with Crippen molar-refractivity contribution in [3.05, 3.63) is 41.6 Å². The number of carbonyl (C=O) groups is 1. The molecule has 0 aliphatic carbocycles. The van der Waals surface area contributed by atoms with E-state index in [0.717, 1.165) is 5.56 Å². The number of aryl methyl sites for hydroxylation is 1. The minimum atomic E-state index is -0.210. The number of hydrogen-bond acceptors (Lipinski definition) is 3. The highest BCUT2D eigenvalue weighted by molar-refractivity contribution is 6.03. The van der Waals surface area contributed by atoms with Crippen molar-refractivity contribution in [2.24, 2.45) is 0 Å². The Morgan fingerprint density at radius 3 is 2.94 bits per heavy atom. The van der Waals surface area contributed by atoms with Crippen molar-refractivity contribution < 1.29 is 4.79 Å². The van der Waals surface area contributed by atoms with Gasteiger partial charge in [0.1, 0.15) is 5.82 Å². The van der Waals surface area contributed by atoms with Gasteiger partial charge in [0.2, 0.25) is 5.95 Å². The van der Waals surface area contributed by atoms with Crippen molar-refractivity contribution in [3.63, 3.8) is 0 Å². The molecule has 0 aliphatic heterocycles. The van der Waals surface area contributed by atoms with Gasteiger partial charge in [-0.2, -0.15) is 0 Å². The lowest BCUT2D eigenvalue weighted by molar-refractivity contribution is 0.102. The normalized spacial score (nSPS) is 10.1. The van der Waals surface area contributed by atoms with Crippen molar-refractivity contribution in [3.8, 4) is 0 Å². The van der Waals surface area contributed by atoms with Crippen LogP contribution in [-0.2, 0) is 0 Å². The van der Waals surface area contributed by atoms with E-state index in [9.17, 15) is 4.79 Å². The molecule has 2 aromatic rings. The molecule has 0 saturated heterocycles. The summed E-state index contributed by atoms with van der Waals surface area (Å²) < 4.78 is 0. The summed E-state index contributed by atoms with van der Waals surface area (Å²) in [5.41, 5.74) is 7.07. The number of anilines is 2. The van der Waals surface area contributed by atoms with Crippen molar-refractivity contribution in [2.75, 3.05) is 11.1 Å². The van der Waals surface area contributed by atoms with Crippen LogP contribution >= 0.6 is 0 Å². The number of nitrogens with zero attached hydrogens (tertiary/aromatic N) is 1. The highest BCUT2D eigenvalue weighted by Gasteiger charge is 2.07. The molecule has 0 radical (unpaired) electrons. The predicted molar refractivity (Wildman–Crippen MR) is 62.1 cm³/mol. The Balaban J connectivity index is 2.14. The highest BCUT2D eigenvalue weighted by Crippen LogP contribution is 2.08. The molecular weight excluding hydrogens is 204 g/mol. The summed E-state index contributed by atoms with van der Waals surface area (Å²) in [7, 11) is 0. The second kappa shape index (κ2) is 4.06. The van der Waals surface area contributed by atoms with Crippen LogP contribution in [-0.4, -0.2) is 15.9 Å². The second-order valence-corrected chi connectivity index (χ2v) is 3.51. The Morgan fingerprint density at radius 2 is 2.31 bits per heavy atom. The van der Waals surface area contributed by atoms with Crippen molar-refractivity contribution in [2.45, 2.75) is 6.92 Å². The van der Waals surface area contributed by atoms with Gasteiger partial charge in [0, 0.05) is 5.56 Å². The molecule has 16 heavy (non-hydrogen) atoms. The lowest BCUT2D eigenvalue weighted by Gasteiger charge is -2.02. The van der Waals surface area contributed by atoms with Gasteiger partial charge in [-0.25, -0.2) is 4.98 Å². The van der Waals surface area contributed by atoms with Crippen molar-refractivity contribution >= 4 is 17.7 Å². The fourth-order valence-corrected chi connectivity index (χ4v) is 1.36. The zero-order chi connectivity index (χ0) is 11.5. The molecule has 1 aromatic heterocycles. The van der Waals surface area contributed by atoms with Crippen LogP contribution in [0.15, 0.2) is 30.5 Å². The van der Waals surface area contributed by atoms with Gasteiger partial charge in [0.05, 0.1) is 6.20 Å².